The van der Waals surface area contributed by atoms with Gasteiger partial charge in [0, 0.05) is 18.2 Å². The molecule has 0 heterocycles. The van der Waals surface area contributed by atoms with Crippen LogP contribution < -0.4 is 14.2 Å². The van der Waals surface area contributed by atoms with Crippen LogP contribution in [0.25, 0.3) is 0 Å². The van der Waals surface area contributed by atoms with Crippen LogP contribution in [0.2, 0.25) is 0 Å². The second-order valence-electron chi connectivity index (χ2n) is 3.85. The van der Waals surface area contributed by atoms with Crippen molar-refractivity contribution in [3.05, 3.63) is 17.7 Å². The summed E-state index contributed by atoms with van der Waals surface area (Å²) < 4.78 is 37.0. The van der Waals surface area contributed by atoms with Crippen LogP contribution in [-0.2, 0) is 15.9 Å². The van der Waals surface area contributed by atoms with E-state index in [4.69, 9.17) is 21.1 Å². The Kier molecular flexibility index (Phi) is 5.90. The molecule has 0 amide bonds. The average molecular weight is 308 g/mol. The van der Waals surface area contributed by atoms with Gasteiger partial charge in [0.2, 0.25) is 10.0 Å². The van der Waals surface area contributed by atoms with Crippen molar-refractivity contribution in [2.75, 3.05) is 20.8 Å². The molecule has 1 aromatic carbocycles. The largest absolute Gasteiger partial charge is 0.493 e. The first-order chi connectivity index (χ1) is 9.00. The minimum absolute atomic E-state index is 0.120. The maximum absolute atomic E-state index is 12.1. The van der Waals surface area contributed by atoms with Crippen LogP contribution in [0.15, 0.2) is 17.0 Å². The summed E-state index contributed by atoms with van der Waals surface area (Å²) in [7, 11) is -0.623. The molecule has 0 bridgehead atoms. The quantitative estimate of drug-likeness (QED) is 0.784. The molecular formula is C12H18ClNO4S. The summed E-state index contributed by atoms with van der Waals surface area (Å²) in [5.41, 5.74) is 0.570. The Morgan fingerprint density at radius 3 is 2.42 bits per heavy atom. The summed E-state index contributed by atoms with van der Waals surface area (Å²) in [6.07, 6.45) is 0.717. The maximum Gasteiger partial charge on any atom is 0.240 e. The lowest BCUT2D eigenvalue weighted by Crippen LogP contribution is -2.24. The van der Waals surface area contributed by atoms with Crippen molar-refractivity contribution in [1.82, 2.24) is 4.72 Å². The molecule has 108 valence electrons. The van der Waals surface area contributed by atoms with Crippen LogP contribution in [0, 0.1) is 0 Å². The third kappa shape index (κ3) is 3.75. The van der Waals surface area contributed by atoms with Gasteiger partial charge in [-0.05, 0) is 12.5 Å². The normalized spacial score (nSPS) is 11.4. The monoisotopic (exact) mass is 307 g/mol. The summed E-state index contributed by atoms with van der Waals surface area (Å²) in [5, 5.41) is 0. The minimum Gasteiger partial charge on any atom is -0.493 e. The molecule has 1 rings (SSSR count). The number of nitrogens with one attached hydrogen (secondary N) is 1. The SMILES string of the molecule is CCCNS(=O)(=O)c1cc(CCl)c(OC)c(OC)c1. The molecular weight excluding hydrogens is 290 g/mol. The van der Waals surface area contributed by atoms with E-state index in [1.807, 2.05) is 6.92 Å². The maximum atomic E-state index is 12.1. The second-order valence-corrected chi connectivity index (χ2v) is 5.88. The van der Waals surface area contributed by atoms with Crippen LogP contribution in [-0.4, -0.2) is 29.2 Å². The third-order valence-corrected chi connectivity index (χ3v) is 4.25. The number of halogens is 1. The molecule has 0 saturated heterocycles. The Balaban J connectivity index is 3.30. The van der Waals surface area contributed by atoms with Crippen molar-refractivity contribution < 1.29 is 17.9 Å². The lowest BCUT2D eigenvalue weighted by Gasteiger charge is -2.14. The lowest BCUT2D eigenvalue weighted by molar-refractivity contribution is 0.351. The van der Waals surface area contributed by atoms with Crippen molar-refractivity contribution in [2.45, 2.75) is 24.1 Å². The van der Waals surface area contributed by atoms with E-state index in [-0.39, 0.29) is 10.8 Å². The molecule has 0 aliphatic carbocycles. The van der Waals surface area contributed by atoms with Crippen molar-refractivity contribution in [3.8, 4) is 11.5 Å². The molecule has 0 aliphatic heterocycles. The molecule has 0 saturated carbocycles. The number of hydrogen-bond acceptors (Lipinski definition) is 4. The fourth-order valence-corrected chi connectivity index (χ4v) is 2.99. The van der Waals surface area contributed by atoms with Gasteiger partial charge in [-0.15, -0.1) is 11.6 Å². The van der Waals surface area contributed by atoms with Gasteiger partial charge in [-0.1, -0.05) is 6.92 Å². The summed E-state index contributed by atoms with van der Waals surface area (Å²) in [6.45, 7) is 2.27. The average Bonchev–Trinajstić information content (AvgIpc) is 2.43. The van der Waals surface area contributed by atoms with Crippen molar-refractivity contribution >= 4 is 21.6 Å². The van der Waals surface area contributed by atoms with Crippen molar-refractivity contribution in [1.29, 1.82) is 0 Å². The zero-order valence-electron chi connectivity index (χ0n) is 11.2. The first-order valence-electron chi connectivity index (χ1n) is 5.80. The first kappa shape index (κ1) is 16.1. The Morgan fingerprint density at radius 2 is 1.95 bits per heavy atom. The predicted molar refractivity (Wildman–Crippen MR) is 74.6 cm³/mol. The van der Waals surface area contributed by atoms with Crippen LogP contribution in [0.5, 0.6) is 11.5 Å². The highest BCUT2D eigenvalue weighted by Gasteiger charge is 2.19. The topological polar surface area (TPSA) is 64.6 Å². The van der Waals surface area contributed by atoms with Gasteiger partial charge >= 0.3 is 0 Å². The van der Waals surface area contributed by atoms with E-state index in [1.165, 1.54) is 26.4 Å². The number of rotatable bonds is 7. The fourth-order valence-electron chi connectivity index (χ4n) is 1.59. The van der Waals surface area contributed by atoms with Gasteiger partial charge < -0.3 is 9.47 Å². The van der Waals surface area contributed by atoms with Gasteiger partial charge in [-0.3, -0.25) is 0 Å². The Hall–Kier alpha value is -0.980. The highest BCUT2D eigenvalue weighted by atomic mass is 35.5. The summed E-state index contributed by atoms with van der Waals surface area (Å²) in [4.78, 5) is 0.120. The van der Waals surface area contributed by atoms with E-state index in [0.717, 1.165) is 6.42 Å². The lowest BCUT2D eigenvalue weighted by atomic mass is 10.2. The van der Waals surface area contributed by atoms with Gasteiger partial charge in [0.25, 0.3) is 0 Å². The van der Waals surface area contributed by atoms with Gasteiger partial charge in [0.15, 0.2) is 11.5 Å². The van der Waals surface area contributed by atoms with E-state index < -0.39 is 10.0 Å². The number of sulfonamides is 1. The van der Waals surface area contributed by atoms with E-state index in [0.29, 0.717) is 23.6 Å². The molecule has 0 aromatic heterocycles. The molecule has 0 fully saturated rings. The zero-order chi connectivity index (χ0) is 14.5. The highest BCUT2D eigenvalue weighted by molar-refractivity contribution is 7.89. The van der Waals surface area contributed by atoms with Crippen LogP contribution in [0.4, 0.5) is 0 Å². The Labute approximate surface area is 118 Å². The fraction of sp³-hybridized carbons (Fsp3) is 0.500. The van der Waals surface area contributed by atoms with E-state index in [1.54, 1.807) is 0 Å². The van der Waals surface area contributed by atoms with Gasteiger partial charge in [-0.2, -0.15) is 0 Å². The molecule has 7 heteroatoms. The molecule has 1 aromatic rings. The predicted octanol–water partition coefficient (Wildman–Crippen LogP) is 2.13. The number of hydrogen-bond donors (Lipinski definition) is 1. The summed E-state index contributed by atoms with van der Waals surface area (Å²) in [5.74, 6) is 0.931. The van der Waals surface area contributed by atoms with Crippen LogP contribution in [0.1, 0.15) is 18.9 Å². The smallest absolute Gasteiger partial charge is 0.240 e. The number of ether oxygens (including phenoxy) is 2. The first-order valence-corrected chi connectivity index (χ1v) is 7.82. The standard InChI is InChI=1S/C12H18ClNO4S/c1-4-5-14-19(15,16)10-6-9(8-13)12(18-3)11(7-10)17-2/h6-7,14H,4-5,8H2,1-3H3. The minimum atomic E-state index is -3.56. The highest BCUT2D eigenvalue weighted by Crippen LogP contribution is 2.34. The Morgan fingerprint density at radius 1 is 1.26 bits per heavy atom. The Bertz CT molecular complexity index is 506. The molecule has 0 aliphatic rings. The van der Waals surface area contributed by atoms with Crippen molar-refractivity contribution in [2.24, 2.45) is 0 Å². The molecule has 0 unspecified atom stereocenters. The number of methoxy groups -OCH3 is 2. The molecule has 0 atom stereocenters. The van der Waals surface area contributed by atoms with E-state index in [9.17, 15) is 8.42 Å². The van der Waals surface area contributed by atoms with Crippen molar-refractivity contribution in [3.63, 3.8) is 0 Å². The summed E-state index contributed by atoms with van der Waals surface area (Å²) >= 11 is 5.82. The van der Waals surface area contributed by atoms with Gasteiger partial charge in [0.1, 0.15) is 0 Å². The molecule has 1 N–H and O–H groups in total. The molecule has 19 heavy (non-hydrogen) atoms. The van der Waals surface area contributed by atoms with Crippen LogP contribution >= 0.6 is 11.6 Å². The third-order valence-electron chi connectivity index (χ3n) is 2.53. The van der Waals surface area contributed by atoms with Crippen LogP contribution in [0.3, 0.4) is 0 Å². The molecule has 0 spiro atoms. The van der Waals surface area contributed by atoms with E-state index >= 15 is 0 Å². The second kappa shape index (κ2) is 6.98. The molecule has 5 nitrogen and oxygen atoms in total. The zero-order valence-corrected chi connectivity index (χ0v) is 12.8. The van der Waals surface area contributed by atoms with Gasteiger partial charge in [-0.25, -0.2) is 13.1 Å². The summed E-state index contributed by atoms with van der Waals surface area (Å²) in [6, 6.07) is 2.92. The number of alkyl halides is 1. The molecule has 0 radical (unpaired) electrons. The van der Waals surface area contributed by atoms with Gasteiger partial charge in [0.05, 0.1) is 25.0 Å². The van der Waals surface area contributed by atoms with E-state index in [2.05, 4.69) is 4.72 Å². The number of benzene rings is 1.